The van der Waals surface area contributed by atoms with E-state index in [0.717, 1.165) is 19.4 Å². The Morgan fingerprint density at radius 1 is 1.56 bits per heavy atom. The molecule has 0 bridgehead atoms. The zero-order chi connectivity index (χ0) is 12.3. The Balaban J connectivity index is 2.46. The van der Waals surface area contributed by atoms with E-state index in [1.165, 1.54) is 0 Å². The molecule has 1 fully saturated rings. The molecule has 16 heavy (non-hydrogen) atoms. The van der Waals surface area contributed by atoms with Gasteiger partial charge < -0.3 is 15.7 Å². The van der Waals surface area contributed by atoms with E-state index in [2.05, 4.69) is 0 Å². The second kappa shape index (κ2) is 5.15. The second-order valence-electron chi connectivity index (χ2n) is 5.81. The van der Waals surface area contributed by atoms with E-state index in [0.29, 0.717) is 13.0 Å². The van der Waals surface area contributed by atoms with Crippen LogP contribution in [0.15, 0.2) is 0 Å². The summed E-state index contributed by atoms with van der Waals surface area (Å²) in [5.41, 5.74) is 5.93. The highest BCUT2D eigenvalue weighted by molar-refractivity contribution is 5.77. The maximum atomic E-state index is 11.9. The van der Waals surface area contributed by atoms with Crippen molar-refractivity contribution in [3.8, 4) is 0 Å². The third kappa shape index (κ3) is 3.76. The summed E-state index contributed by atoms with van der Waals surface area (Å²) in [5.74, 6) is 0.0705. The molecule has 94 valence electrons. The van der Waals surface area contributed by atoms with Gasteiger partial charge in [-0.3, -0.25) is 4.79 Å². The largest absolute Gasteiger partial charge is 0.391 e. The lowest BCUT2D eigenvalue weighted by atomic mass is 9.85. The van der Waals surface area contributed by atoms with Crippen molar-refractivity contribution >= 4 is 5.91 Å². The molecule has 1 rings (SSSR count). The van der Waals surface area contributed by atoms with Crippen LogP contribution in [0.5, 0.6) is 0 Å². The Morgan fingerprint density at radius 3 is 2.69 bits per heavy atom. The van der Waals surface area contributed by atoms with Crippen LogP contribution in [0.2, 0.25) is 0 Å². The Kier molecular flexibility index (Phi) is 4.33. The standard InChI is InChI=1S/C12H24N2O2/c1-12(2,3)10(13)7-11(16)14-6-4-5-9(15)8-14/h9-10,15H,4-8,13H2,1-3H3/t9-,10?/m0/s1. The van der Waals surface area contributed by atoms with E-state index in [9.17, 15) is 9.90 Å². The monoisotopic (exact) mass is 228 g/mol. The number of rotatable bonds is 2. The predicted molar refractivity (Wildman–Crippen MR) is 63.9 cm³/mol. The number of amides is 1. The van der Waals surface area contributed by atoms with E-state index in [4.69, 9.17) is 5.73 Å². The first-order valence-corrected chi connectivity index (χ1v) is 6.02. The second-order valence-corrected chi connectivity index (χ2v) is 5.81. The van der Waals surface area contributed by atoms with Gasteiger partial charge in [-0.1, -0.05) is 20.8 Å². The first-order chi connectivity index (χ1) is 7.30. The minimum Gasteiger partial charge on any atom is -0.391 e. The molecule has 2 atom stereocenters. The van der Waals surface area contributed by atoms with E-state index >= 15 is 0 Å². The third-order valence-electron chi connectivity index (χ3n) is 3.26. The van der Waals surface area contributed by atoms with Crippen molar-refractivity contribution in [3.63, 3.8) is 0 Å². The zero-order valence-corrected chi connectivity index (χ0v) is 10.6. The van der Waals surface area contributed by atoms with Crippen LogP contribution >= 0.6 is 0 Å². The van der Waals surface area contributed by atoms with Crippen LogP contribution in [0.1, 0.15) is 40.0 Å². The smallest absolute Gasteiger partial charge is 0.224 e. The lowest BCUT2D eigenvalue weighted by molar-refractivity contribution is -0.135. The molecule has 1 aliphatic heterocycles. The average Bonchev–Trinajstić information content (AvgIpc) is 2.16. The van der Waals surface area contributed by atoms with Crippen LogP contribution in [0.25, 0.3) is 0 Å². The molecule has 1 amide bonds. The number of nitrogens with zero attached hydrogens (tertiary/aromatic N) is 1. The molecule has 0 saturated carbocycles. The fourth-order valence-corrected chi connectivity index (χ4v) is 1.80. The Labute approximate surface area is 97.8 Å². The molecule has 4 nitrogen and oxygen atoms in total. The van der Waals surface area contributed by atoms with Crippen molar-refractivity contribution in [2.24, 2.45) is 11.1 Å². The van der Waals surface area contributed by atoms with Gasteiger partial charge in [0.1, 0.15) is 0 Å². The number of piperidine rings is 1. The van der Waals surface area contributed by atoms with Crippen molar-refractivity contribution in [1.82, 2.24) is 4.90 Å². The number of hydrogen-bond acceptors (Lipinski definition) is 3. The topological polar surface area (TPSA) is 66.6 Å². The van der Waals surface area contributed by atoms with Gasteiger partial charge in [0.05, 0.1) is 6.10 Å². The number of carbonyl (C=O) groups excluding carboxylic acids is 1. The molecule has 0 aromatic rings. The molecule has 3 N–H and O–H groups in total. The SMILES string of the molecule is CC(C)(C)C(N)CC(=O)N1CCC[C@H](O)C1. The minimum absolute atomic E-state index is 0.0515. The number of nitrogens with two attached hydrogens (primary N) is 1. The maximum absolute atomic E-state index is 11.9. The Bertz CT molecular complexity index is 248. The summed E-state index contributed by atoms with van der Waals surface area (Å²) >= 11 is 0. The van der Waals surface area contributed by atoms with Crippen molar-refractivity contribution in [2.75, 3.05) is 13.1 Å². The third-order valence-corrected chi connectivity index (χ3v) is 3.26. The average molecular weight is 228 g/mol. The minimum atomic E-state index is -0.358. The molecule has 0 aromatic carbocycles. The first kappa shape index (κ1) is 13.5. The molecule has 1 saturated heterocycles. The summed E-state index contributed by atoms with van der Waals surface area (Å²) in [4.78, 5) is 13.7. The molecule has 4 heteroatoms. The number of β-amino-alcohol motifs (C(OH)–C–C–N with tert-alkyl or cyclic N) is 1. The van der Waals surface area contributed by atoms with Crippen LogP contribution in [0.4, 0.5) is 0 Å². The predicted octanol–water partition coefficient (Wildman–Crippen LogP) is 0.733. The highest BCUT2D eigenvalue weighted by Gasteiger charge is 2.27. The van der Waals surface area contributed by atoms with Crippen molar-refractivity contribution < 1.29 is 9.90 Å². The van der Waals surface area contributed by atoms with E-state index in [1.54, 1.807) is 4.90 Å². The highest BCUT2D eigenvalue weighted by atomic mass is 16.3. The number of aliphatic hydroxyl groups is 1. The Morgan fingerprint density at radius 2 is 2.19 bits per heavy atom. The fourth-order valence-electron chi connectivity index (χ4n) is 1.80. The van der Waals surface area contributed by atoms with Crippen LogP contribution in [0, 0.1) is 5.41 Å². The summed E-state index contributed by atoms with van der Waals surface area (Å²) in [7, 11) is 0. The zero-order valence-electron chi connectivity index (χ0n) is 10.6. The van der Waals surface area contributed by atoms with Gasteiger partial charge in [0.15, 0.2) is 0 Å². The van der Waals surface area contributed by atoms with E-state index in [-0.39, 0.29) is 23.5 Å². The quantitative estimate of drug-likeness (QED) is 0.732. The molecular formula is C12H24N2O2. The molecule has 0 radical (unpaired) electrons. The van der Waals surface area contributed by atoms with Gasteiger partial charge in [-0.25, -0.2) is 0 Å². The van der Waals surface area contributed by atoms with Gasteiger partial charge in [0.25, 0.3) is 0 Å². The fraction of sp³-hybridized carbons (Fsp3) is 0.917. The summed E-state index contributed by atoms with van der Waals surface area (Å²) in [6.07, 6.45) is 1.70. The maximum Gasteiger partial charge on any atom is 0.224 e. The van der Waals surface area contributed by atoms with Gasteiger partial charge in [-0.2, -0.15) is 0 Å². The van der Waals surface area contributed by atoms with Gasteiger partial charge >= 0.3 is 0 Å². The molecule has 0 spiro atoms. The lowest BCUT2D eigenvalue weighted by Gasteiger charge is -2.33. The van der Waals surface area contributed by atoms with Gasteiger partial charge in [-0.05, 0) is 18.3 Å². The van der Waals surface area contributed by atoms with Crippen molar-refractivity contribution in [2.45, 2.75) is 52.2 Å². The van der Waals surface area contributed by atoms with Crippen LogP contribution in [-0.2, 0) is 4.79 Å². The van der Waals surface area contributed by atoms with Crippen LogP contribution in [-0.4, -0.2) is 41.1 Å². The summed E-state index contributed by atoms with van der Waals surface area (Å²) < 4.78 is 0. The van der Waals surface area contributed by atoms with Gasteiger partial charge in [-0.15, -0.1) is 0 Å². The van der Waals surface area contributed by atoms with Crippen LogP contribution in [0.3, 0.4) is 0 Å². The molecular weight excluding hydrogens is 204 g/mol. The molecule has 0 aromatic heterocycles. The molecule has 1 unspecified atom stereocenters. The molecule has 1 heterocycles. The molecule has 0 aliphatic carbocycles. The summed E-state index contributed by atoms with van der Waals surface area (Å²) in [5, 5.41) is 9.50. The lowest BCUT2D eigenvalue weighted by Crippen LogP contribution is -2.46. The van der Waals surface area contributed by atoms with Gasteiger partial charge in [0, 0.05) is 25.6 Å². The van der Waals surface area contributed by atoms with E-state index < -0.39 is 0 Å². The molecule has 1 aliphatic rings. The normalized spacial score (nSPS) is 24.3. The number of hydrogen-bond donors (Lipinski definition) is 2. The number of aliphatic hydroxyl groups excluding tert-OH is 1. The van der Waals surface area contributed by atoms with Crippen LogP contribution < -0.4 is 5.73 Å². The highest BCUT2D eigenvalue weighted by Crippen LogP contribution is 2.21. The van der Waals surface area contributed by atoms with Gasteiger partial charge in [0.2, 0.25) is 5.91 Å². The summed E-state index contributed by atoms with van der Waals surface area (Å²) in [6, 6.07) is -0.126. The first-order valence-electron chi connectivity index (χ1n) is 6.02. The van der Waals surface area contributed by atoms with E-state index in [1.807, 2.05) is 20.8 Å². The summed E-state index contributed by atoms with van der Waals surface area (Å²) in [6.45, 7) is 7.34. The van der Waals surface area contributed by atoms with Crippen molar-refractivity contribution in [3.05, 3.63) is 0 Å². The van der Waals surface area contributed by atoms with Crippen molar-refractivity contribution in [1.29, 1.82) is 0 Å². The number of carbonyl (C=O) groups is 1. The Hall–Kier alpha value is -0.610. The number of likely N-dealkylation sites (tertiary alicyclic amines) is 1.